The molecule has 25 heavy (non-hydrogen) atoms. The van der Waals surface area contributed by atoms with Gasteiger partial charge in [0, 0.05) is 17.3 Å². The Morgan fingerprint density at radius 1 is 1.04 bits per heavy atom. The highest BCUT2D eigenvalue weighted by molar-refractivity contribution is 5.96. The summed E-state index contributed by atoms with van der Waals surface area (Å²) < 4.78 is 10.9. The third kappa shape index (κ3) is 1.79. The fourth-order valence-corrected chi connectivity index (χ4v) is 6.42. The zero-order valence-electron chi connectivity index (χ0n) is 15.9. The van der Waals surface area contributed by atoms with Crippen LogP contribution in [-0.4, -0.2) is 20.0 Å². The van der Waals surface area contributed by atoms with Crippen molar-refractivity contribution < 1.29 is 14.3 Å². The molecule has 1 aromatic carbocycles. The first kappa shape index (κ1) is 16.7. The van der Waals surface area contributed by atoms with Crippen molar-refractivity contribution >= 4 is 5.78 Å². The number of ketones is 1. The van der Waals surface area contributed by atoms with Crippen molar-refractivity contribution in [2.45, 2.75) is 46.0 Å². The van der Waals surface area contributed by atoms with E-state index in [0.717, 1.165) is 12.0 Å². The number of carbonyl (C=O) groups excluding carboxylic acids is 1. The average molecular weight is 340 g/mol. The topological polar surface area (TPSA) is 35.5 Å². The molecule has 0 amide bonds. The molecule has 0 aliphatic heterocycles. The van der Waals surface area contributed by atoms with Gasteiger partial charge in [0.15, 0.2) is 11.5 Å². The van der Waals surface area contributed by atoms with Gasteiger partial charge in [-0.2, -0.15) is 0 Å². The highest BCUT2D eigenvalue weighted by Gasteiger charge is 2.73. The molecule has 0 aromatic heterocycles. The van der Waals surface area contributed by atoms with Crippen LogP contribution in [-0.2, 0) is 4.79 Å². The molecule has 1 aromatic rings. The van der Waals surface area contributed by atoms with E-state index in [1.54, 1.807) is 14.2 Å². The lowest BCUT2D eigenvalue weighted by atomic mass is 9.41. The van der Waals surface area contributed by atoms with Gasteiger partial charge in [-0.25, -0.2) is 0 Å². The summed E-state index contributed by atoms with van der Waals surface area (Å²) in [4.78, 5) is 13.5. The molecule has 3 heteroatoms. The molecule has 0 N–H and O–H groups in total. The summed E-state index contributed by atoms with van der Waals surface area (Å²) in [6, 6.07) is 5.99. The predicted molar refractivity (Wildman–Crippen MR) is 98.1 cm³/mol. The molecule has 4 rings (SSSR count). The maximum absolute atomic E-state index is 13.5. The number of hydrogen-bond donors (Lipinski definition) is 0. The summed E-state index contributed by atoms with van der Waals surface area (Å²) in [5.41, 5.74) is 1.18. The Balaban J connectivity index is 1.86. The van der Waals surface area contributed by atoms with Crippen molar-refractivity contribution in [1.29, 1.82) is 0 Å². The smallest absolute Gasteiger partial charge is 0.161 e. The lowest BCUT2D eigenvalue weighted by molar-refractivity contribution is -0.123. The molecule has 1 spiro atoms. The third-order valence-corrected chi connectivity index (χ3v) is 7.57. The first-order valence-corrected chi connectivity index (χ1v) is 9.27. The van der Waals surface area contributed by atoms with Gasteiger partial charge in [-0.05, 0) is 41.4 Å². The Labute approximate surface area is 150 Å². The van der Waals surface area contributed by atoms with Gasteiger partial charge in [0.25, 0.3) is 0 Å². The molecule has 0 unspecified atom stereocenters. The van der Waals surface area contributed by atoms with Crippen LogP contribution in [0.4, 0.5) is 0 Å². The number of benzene rings is 1. The lowest BCUT2D eigenvalue weighted by Crippen LogP contribution is -2.56. The van der Waals surface area contributed by atoms with Crippen LogP contribution in [0.1, 0.15) is 51.5 Å². The molecule has 3 nitrogen and oxygen atoms in total. The maximum atomic E-state index is 13.5. The van der Waals surface area contributed by atoms with E-state index in [2.05, 4.69) is 39.0 Å². The van der Waals surface area contributed by atoms with Crippen LogP contribution in [0.3, 0.4) is 0 Å². The quantitative estimate of drug-likeness (QED) is 0.744. The first-order valence-electron chi connectivity index (χ1n) is 9.27. The highest BCUT2D eigenvalue weighted by Crippen LogP contribution is 2.76. The van der Waals surface area contributed by atoms with E-state index in [1.807, 2.05) is 12.1 Å². The van der Waals surface area contributed by atoms with Crippen molar-refractivity contribution in [3.8, 4) is 11.5 Å². The van der Waals surface area contributed by atoms with Crippen LogP contribution in [0, 0.1) is 22.2 Å². The molecule has 2 saturated carbocycles. The van der Waals surface area contributed by atoms with Crippen LogP contribution in [0.25, 0.3) is 0 Å². The van der Waals surface area contributed by atoms with Gasteiger partial charge < -0.3 is 9.47 Å². The summed E-state index contributed by atoms with van der Waals surface area (Å²) in [5.74, 6) is 1.78. The molecular weight excluding hydrogens is 312 g/mol. The Morgan fingerprint density at radius 3 is 2.36 bits per heavy atom. The lowest BCUT2D eigenvalue weighted by Gasteiger charge is -2.62. The van der Waals surface area contributed by atoms with Crippen LogP contribution < -0.4 is 9.47 Å². The molecule has 3 aliphatic carbocycles. The Bertz CT molecular complexity index is 763. The number of allylic oxidation sites excluding steroid dienone is 2. The highest BCUT2D eigenvalue weighted by atomic mass is 16.5. The SMILES string of the molecule is COc1ccc([C@H]2C(=O)[C@@H]3C=C[C@@]34C(C)(C)CCC[C@@]24C)cc1OC. The van der Waals surface area contributed by atoms with E-state index >= 15 is 0 Å². The molecule has 0 radical (unpaired) electrons. The number of Topliss-reactive ketones (excluding diaryl/α,β-unsaturated/α-hetero) is 1. The fourth-order valence-electron chi connectivity index (χ4n) is 6.42. The number of ether oxygens (including phenoxy) is 2. The van der Waals surface area contributed by atoms with E-state index in [0.29, 0.717) is 17.3 Å². The van der Waals surface area contributed by atoms with E-state index in [4.69, 9.17) is 9.47 Å². The summed E-state index contributed by atoms with van der Waals surface area (Å²) in [5, 5.41) is 0. The molecule has 2 fully saturated rings. The minimum absolute atomic E-state index is 0.00678. The number of rotatable bonds is 3. The van der Waals surface area contributed by atoms with Gasteiger partial charge in [0.05, 0.1) is 14.2 Å². The number of carbonyl (C=O) groups is 1. The standard InChI is InChI=1S/C22H28O3/c1-20(2)10-6-11-21(3)18(19(23)15-9-12-22(15,20)21)14-7-8-16(24-4)17(13-14)25-5/h7-9,12-13,15,18H,6,10-11H2,1-5H3/t15-,18-,21-,22-/m0/s1. The first-order chi connectivity index (χ1) is 11.8. The molecule has 3 aliphatic rings. The van der Waals surface area contributed by atoms with Crippen LogP contribution in [0.5, 0.6) is 11.5 Å². The van der Waals surface area contributed by atoms with Crippen molar-refractivity contribution in [3.05, 3.63) is 35.9 Å². The summed E-state index contributed by atoms with van der Waals surface area (Å²) in [6.07, 6.45) is 7.98. The molecule has 134 valence electrons. The van der Waals surface area contributed by atoms with Gasteiger partial charge in [-0.15, -0.1) is 0 Å². The third-order valence-electron chi connectivity index (χ3n) is 7.57. The van der Waals surface area contributed by atoms with E-state index in [-0.39, 0.29) is 28.1 Å². The second-order valence-electron chi connectivity index (χ2n) is 8.81. The molecular formula is C22H28O3. The van der Waals surface area contributed by atoms with E-state index in [1.165, 1.54) is 12.8 Å². The van der Waals surface area contributed by atoms with E-state index < -0.39 is 0 Å². The van der Waals surface area contributed by atoms with Crippen molar-refractivity contribution in [2.24, 2.45) is 22.2 Å². The summed E-state index contributed by atoms with van der Waals surface area (Å²) in [7, 11) is 3.29. The van der Waals surface area contributed by atoms with Gasteiger partial charge in [-0.3, -0.25) is 4.79 Å². The molecule has 0 heterocycles. The molecule has 0 bridgehead atoms. The maximum Gasteiger partial charge on any atom is 0.161 e. The minimum Gasteiger partial charge on any atom is -0.493 e. The number of methoxy groups -OCH3 is 2. The second kappa shape index (κ2) is 5.12. The Kier molecular flexibility index (Phi) is 3.42. The van der Waals surface area contributed by atoms with Crippen LogP contribution >= 0.6 is 0 Å². The van der Waals surface area contributed by atoms with Gasteiger partial charge in [-0.1, -0.05) is 45.4 Å². The zero-order valence-corrected chi connectivity index (χ0v) is 15.9. The van der Waals surface area contributed by atoms with Gasteiger partial charge in [0.1, 0.15) is 5.78 Å². The van der Waals surface area contributed by atoms with Crippen molar-refractivity contribution in [2.75, 3.05) is 14.2 Å². The Morgan fingerprint density at radius 2 is 1.76 bits per heavy atom. The largest absolute Gasteiger partial charge is 0.493 e. The van der Waals surface area contributed by atoms with E-state index in [9.17, 15) is 4.79 Å². The second-order valence-corrected chi connectivity index (χ2v) is 8.81. The van der Waals surface area contributed by atoms with Gasteiger partial charge >= 0.3 is 0 Å². The van der Waals surface area contributed by atoms with Crippen molar-refractivity contribution in [3.63, 3.8) is 0 Å². The van der Waals surface area contributed by atoms with Crippen molar-refractivity contribution in [1.82, 2.24) is 0 Å². The predicted octanol–water partition coefficient (Wildman–Crippen LogP) is 4.76. The van der Waals surface area contributed by atoms with Crippen LogP contribution in [0.2, 0.25) is 0 Å². The summed E-state index contributed by atoms with van der Waals surface area (Å²) in [6.45, 7) is 7.05. The van der Waals surface area contributed by atoms with Crippen LogP contribution in [0.15, 0.2) is 30.4 Å². The monoisotopic (exact) mass is 340 g/mol. The Hall–Kier alpha value is -1.77. The number of hydrogen-bond acceptors (Lipinski definition) is 3. The average Bonchev–Trinajstić information content (AvgIpc) is 2.66. The van der Waals surface area contributed by atoms with Gasteiger partial charge in [0.2, 0.25) is 0 Å². The zero-order chi connectivity index (χ0) is 18.0. The summed E-state index contributed by atoms with van der Waals surface area (Å²) >= 11 is 0. The normalized spacial score (nSPS) is 37.9. The molecule has 0 saturated heterocycles. The minimum atomic E-state index is -0.0770. The fraction of sp³-hybridized carbons (Fsp3) is 0.591. The molecule has 4 atom stereocenters.